The fraction of sp³-hybridized carbons (Fsp3) is 0.556. The van der Waals surface area contributed by atoms with Crippen LogP contribution in [0.4, 0.5) is 13.2 Å². The summed E-state index contributed by atoms with van der Waals surface area (Å²) >= 11 is 6.12. The average molecular weight is 486 g/mol. The largest absolute Gasteiger partial charge is 0.490 e. The van der Waals surface area contributed by atoms with Gasteiger partial charge in [-0.25, -0.2) is 13.2 Å². The van der Waals surface area contributed by atoms with Crippen LogP contribution in [0.2, 0.25) is 5.02 Å². The van der Waals surface area contributed by atoms with E-state index in [0.29, 0.717) is 36.8 Å². The summed E-state index contributed by atoms with van der Waals surface area (Å²) in [4.78, 5) is 23.3. The molecule has 0 unspecified atom stereocenters. The van der Waals surface area contributed by atoms with Crippen LogP contribution in [0.3, 0.4) is 0 Å². The minimum atomic E-state index is -5.08. The van der Waals surface area contributed by atoms with Crippen LogP contribution >= 0.6 is 11.6 Å². The lowest BCUT2D eigenvalue weighted by atomic mass is 10.2. The number of alkyl halides is 3. The normalized spacial score (nSPS) is 17.4. The first-order valence-electron chi connectivity index (χ1n) is 9.47. The van der Waals surface area contributed by atoms with Crippen LogP contribution in [-0.4, -0.2) is 85.3 Å². The Morgan fingerprint density at radius 2 is 1.74 bits per heavy atom. The molecule has 1 aromatic rings. The molecule has 1 aliphatic carbocycles. The van der Waals surface area contributed by atoms with Gasteiger partial charge in [-0.3, -0.25) is 4.79 Å². The van der Waals surface area contributed by atoms with Crippen LogP contribution in [0.5, 0.6) is 0 Å². The van der Waals surface area contributed by atoms with Crippen LogP contribution in [0.15, 0.2) is 24.3 Å². The highest BCUT2D eigenvalue weighted by atomic mass is 35.5. The molecule has 1 saturated heterocycles. The topological polar surface area (TPSA) is 107 Å². The molecule has 3 rings (SSSR count). The smallest absolute Gasteiger partial charge is 0.475 e. The number of piperazine rings is 1. The summed E-state index contributed by atoms with van der Waals surface area (Å²) < 4.78 is 58.2. The van der Waals surface area contributed by atoms with Crippen molar-refractivity contribution in [2.45, 2.75) is 25.1 Å². The first-order valence-corrected chi connectivity index (χ1v) is 11.5. The van der Waals surface area contributed by atoms with E-state index in [0.717, 1.165) is 12.8 Å². The number of hydrogen-bond donors (Lipinski definition) is 2. The Morgan fingerprint density at radius 1 is 1.19 bits per heavy atom. The Morgan fingerprint density at radius 3 is 2.23 bits per heavy atom. The van der Waals surface area contributed by atoms with Gasteiger partial charge in [-0.2, -0.15) is 17.5 Å². The summed E-state index contributed by atoms with van der Waals surface area (Å²) in [5.41, 5.74) is 0.436. The van der Waals surface area contributed by atoms with E-state index in [9.17, 15) is 26.4 Å². The minimum absolute atomic E-state index is 0.0420. The van der Waals surface area contributed by atoms with Crippen LogP contribution in [0.25, 0.3) is 0 Å². The van der Waals surface area contributed by atoms with Gasteiger partial charge in [0.1, 0.15) is 0 Å². The van der Waals surface area contributed by atoms with Crippen LogP contribution in [-0.2, 0) is 14.8 Å². The maximum atomic E-state index is 12.8. The number of aliphatic carboxylic acids is 1. The van der Waals surface area contributed by atoms with Crippen molar-refractivity contribution in [1.82, 2.24) is 14.5 Å². The van der Waals surface area contributed by atoms with Crippen molar-refractivity contribution in [3.8, 4) is 0 Å². The maximum absolute atomic E-state index is 12.8. The predicted molar refractivity (Wildman–Crippen MR) is 107 cm³/mol. The van der Waals surface area contributed by atoms with Gasteiger partial charge in [0.15, 0.2) is 0 Å². The monoisotopic (exact) mass is 485 g/mol. The second kappa shape index (κ2) is 10.6. The number of sulfonamides is 1. The number of nitrogens with zero attached hydrogens (tertiary/aromatic N) is 2. The number of carbonyl (C=O) groups is 2. The molecule has 2 aliphatic rings. The molecule has 1 aliphatic heterocycles. The lowest BCUT2D eigenvalue weighted by Gasteiger charge is -2.28. The summed E-state index contributed by atoms with van der Waals surface area (Å²) in [6, 6.07) is 7.03. The molecule has 1 saturated carbocycles. The molecule has 13 heteroatoms. The van der Waals surface area contributed by atoms with Crippen LogP contribution < -0.4 is 5.32 Å². The number of carboxylic acids is 1. The number of carbonyl (C=O) groups excluding carboxylic acids is 1. The van der Waals surface area contributed by atoms with Crippen molar-refractivity contribution < 1.29 is 36.3 Å². The van der Waals surface area contributed by atoms with Crippen molar-refractivity contribution >= 4 is 33.5 Å². The van der Waals surface area contributed by atoms with E-state index in [2.05, 4.69) is 5.32 Å². The molecule has 2 fully saturated rings. The summed E-state index contributed by atoms with van der Waals surface area (Å²) in [5, 5.41) is 10.7. The quantitative estimate of drug-likeness (QED) is 0.636. The fourth-order valence-electron chi connectivity index (χ4n) is 2.89. The summed E-state index contributed by atoms with van der Waals surface area (Å²) in [6.45, 7) is 2.53. The molecule has 8 nitrogen and oxygen atoms in total. The van der Waals surface area contributed by atoms with E-state index < -0.39 is 22.2 Å². The lowest BCUT2D eigenvalue weighted by Crippen LogP contribution is -2.48. The molecule has 0 aromatic heterocycles. The Labute approximate surface area is 183 Å². The average Bonchev–Trinajstić information content (AvgIpc) is 3.54. The minimum Gasteiger partial charge on any atom is -0.475 e. The third-order valence-corrected chi connectivity index (χ3v) is 6.83. The Balaban J connectivity index is 0.000000423. The molecule has 0 spiro atoms. The van der Waals surface area contributed by atoms with E-state index in [4.69, 9.17) is 21.5 Å². The number of benzene rings is 1. The van der Waals surface area contributed by atoms with Crippen molar-refractivity contribution in [1.29, 1.82) is 0 Å². The molecular formula is C18H23ClF3N3O5S. The van der Waals surface area contributed by atoms with Crippen LogP contribution in [0.1, 0.15) is 23.2 Å². The molecular weight excluding hydrogens is 463 g/mol. The number of hydrogen-bond acceptors (Lipinski definition) is 5. The molecule has 0 radical (unpaired) electrons. The van der Waals surface area contributed by atoms with Crippen molar-refractivity contribution in [2.75, 3.05) is 38.5 Å². The van der Waals surface area contributed by atoms with E-state index in [-0.39, 0.29) is 24.2 Å². The molecule has 2 N–H and O–H groups in total. The van der Waals surface area contributed by atoms with Crippen LogP contribution in [0, 0.1) is 0 Å². The van der Waals surface area contributed by atoms with E-state index in [1.54, 1.807) is 29.2 Å². The number of amides is 1. The summed E-state index contributed by atoms with van der Waals surface area (Å²) in [6.07, 6.45) is -3.24. The molecule has 1 amide bonds. The lowest BCUT2D eigenvalue weighted by molar-refractivity contribution is -0.192. The fourth-order valence-corrected chi connectivity index (χ4v) is 4.53. The molecule has 1 aromatic carbocycles. The number of carboxylic acid groups (broad SMARTS) is 1. The Hall–Kier alpha value is -1.89. The number of nitrogens with one attached hydrogen (secondary N) is 1. The second-order valence-electron chi connectivity index (χ2n) is 6.98. The highest BCUT2D eigenvalue weighted by Crippen LogP contribution is 2.29. The van der Waals surface area contributed by atoms with Gasteiger partial charge in [-0.05, 0) is 25.0 Å². The highest BCUT2D eigenvalue weighted by molar-refractivity contribution is 7.89. The van der Waals surface area contributed by atoms with Gasteiger partial charge in [0.05, 0.1) is 16.3 Å². The first kappa shape index (κ1) is 25.4. The highest BCUT2D eigenvalue weighted by Gasteiger charge is 2.38. The zero-order valence-corrected chi connectivity index (χ0v) is 18.0. The van der Waals surface area contributed by atoms with Gasteiger partial charge in [-0.1, -0.05) is 23.7 Å². The third kappa shape index (κ3) is 7.63. The van der Waals surface area contributed by atoms with Gasteiger partial charge < -0.3 is 15.3 Å². The Kier molecular flexibility index (Phi) is 8.69. The summed E-state index contributed by atoms with van der Waals surface area (Å²) in [5.74, 6) is -2.98. The molecule has 31 heavy (non-hydrogen) atoms. The van der Waals surface area contributed by atoms with Gasteiger partial charge in [0, 0.05) is 38.8 Å². The molecule has 174 valence electrons. The van der Waals surface area contributed by atoms with E-state index >= 15 is 0 Å². The zero-order valence-electron chi connectivity index (χ0n) is 16.4. The summed E-state index contributed by atoms with van der Waals surface area (Å²) in [7, 11) is -3.34. The standard InChI is InChI=1S/C16H22ClN3O3S.C2HF3O2/c17-15-4-2-1-3-14(15)16(21)20(13-5-6-13)11-12-24(22,23)19-9-7-18-8-10-19;3-2(4,5)1(6)7/h1-4,13,18H,5-12H2;(H,6,7). The first-order chi connectivity index (χ1) is 14.4. The van der Waals surface area contributed by atoms with E-state index in [1.165, 1.54) is 4.31 Å². The van der Waals surface area contributed by atoms with Gasteiger partial charge in [0.25, 0.3) is 5.91 Å². The number of halogens is 4. The van der Waals surface area contributed by atoms with Gasteiger partial charge in [0.2, 0.25) is 10.0 Å². The zero-order chi connectivity index (χ0) is 23.2. The maximum Gasteiger partial charge on any atom is 0.490 e. The van der Waals surface area contributed by atoms with Gasteiger partial charge >= 0.3 is 12.1 Å². The number of rotatable bonds is 6. The van der Waals surface area contributed by atoms with Crippen molar-refractivity contribution in [3.05, 3.63) is 34.9 Å². The van der Waals surface area contributed by atoms with Crippen molar-refractivity contribution in [2.24, 2.45) is 0 Å². The second-order valence-corrected chi connectivity index (χ2v) is 9.47. The molecule has 0 atom stereocenters. The van der Waals surface area contributed by atoms with E-state index in [1.807, 2.05) is 0 Å². The van der Waals surface area contributed by atoms with Gasteiger partial charge in [-0.15, -0.1) is 0 Å². The SMILES string of the molecule is O=C(O)C(F)(F)F.O=C(c1ccccc1Cl)N(CCS(=O)(=O)N1CCNCC1)C1CC1. The molecule has 0 bridgehead atoms. The van der Waals surface area contributed by atoms with Crippen molar-refractivity contribution in [3.63, 3.8) is 0 Å². The third-order valence-electron chi connectivity index (χ3n) is 4.65. The Bertz CT molecular complexity index is 888. The molecule has 1 heterocycles. The predicted octanol–water partition coefficient (Wildman–Crippen LogP) is 1.81.